The van der Waals surface area contributed by atoms with Crippen molar-refractivity contribution in [2.24, 2.45) is 0 Å². The third-order valence-electron chi connectivity index (χ3n) is 6.00. The third kappa shape index (κ3) is 10.3. The van der Waals surface area contributed by atoms with Crippen molar-refractivity contribution in [1.82, 2.24) is 10.2 Å². The molecule has 0 aliphatic carbocycles. The van der Waals surface area contributed by atoms with Crippen molar-refractivity contribution in [3.05, 3.63) is 60.7 Å². The Morgan fingerprint density at radius 1 is 0.692 bits per heavy atom. The predicted octanol–water partition coefficient (Wildman–Crippen LogP) is 7.64. The molecule has 0 saturated heterocycles. The Kier molecular flexibility index (Phi) is 12.0. The lowest BCUT2D eigenvalue weighted by Gasteiger charge is -2.36. The molecule has 2 rings (SSSR count). The molecule has 3 unspecified atom stereocenters. The molecule has 8 nitrogen and oxygen atoms in total. The Hall–Kier alpha value is -2.24. The second kappa shape index (κ2) is 13.4. The minimum Gasteiger partial charge on any atom is -0.432 e. The van der Waals surface area contributed by atoms with Crippen molar-refractivity contribution in [2.75, 3.05) is 0 Å². The lowest BCUT2D eigenvalue weighted by Crippen LogP contribution is -2.47. The maximum Gasteiger partial charge on any atom is 0.322 e. The number of nitrogens with one attached hydrogen (secondary N) is 2. The molecule has 0 aromatic heterocycles. The quantitative estimate of drug-likeness (QED) is 0.276. The molecule has 2 aromatic rings. The molecule has 0 aliphatic rings. The SMILES string of the molecule is CC(=O)C(C)(C)NP(=O)(Oc1ccccc1)C(C)(C)C.CC(=O)C(C)NP(=O)(Oc1ccccc1)C(C)(C)C. The van der Waals surface area contributed by atoms with Crippen molar-refractivity contribution in [1.29, 1.82) is 0 Å². The summed E-state index contributed by atoms with van der Waals surface area (Å²) in [5.41, 5.74) is -0.905. The molecule has 2 N–H and O–H groups in total. The van der Waals surface area contributed by atoms with E-state index in [2.05, 4.69) is 10.2 Å². The van der Waals surface area contributed by atoms with Crippen LogP contribution in [0.4, 0.5) is 0 Å². The zero-order valence-electron chi connectivity index (χ0n) is 25.2. The third-order valence-corrected chi connectivity index (χ3v) is 12.0. The van der Waals surface area contributed by atoms with Gasteiger partial charge in [0.1, 0.15) is 23.1 Å². The largest absolute Gasteiger partial charge is 0.432 e. The zero-order chi connectivity index (χ0) is 30.3. The summed E-state index contributed by atoms with van der Waals surface area (Å²) in [6.07, 6.45) is 0. The molecular weight excluding hydrogens is 534 g/mol. The lowest BCUT2D eigenvalue weighted by molar-refractivity contribution is -0.121. The molecule has 0 aliphatic heterocycles. The van der Waals surface area contributed by atoms with Crippen molar-refractivity contribution >= 4 is 26.6 Å². The van der Waals surface area contributed by atoms with E-state index in [4.69, 9.17) is 9.05 Å². The number of benzene rings is 2. The Bertz CT molecular complexity index is 1190. The summed E-state index contributed by atoms with van der Waals surface area (Å²) in [7, 11) is -6.48. The van der Waals surface area contributed by atoms with Crippen LogP contribution in [0.1, 0.15) is 76.2 Å². The highest BCUT2D eigenvalue weighted by molar-refractivity contribution is 7.59. The number of Topliss-reactive ketones (excluding diaryl/α,β-unsaturated/α-hetero) is 2. The highest BCUT2D eigenvalue weighted by Gasteiger charge is 2.45. The van der Waals surface area contributed by atoms with Gasteiger partial charge in [-0.25, -0.2) is 10.2 Å². The van der Waals surface area contributed by atoms with E-state index < -0.39 is 36.9 Å². The van der Waals surface area contributed by atoms with E-state index in [1.54, 1.807) is 45.0 Å². The van der Waals surface area contributed by atoms with Crippen LogP contribution < -0.4 is 19.2 Å². The number of carbonyl (C=O) groups is 2. The lowest BCUT2D eigenvalue weighted by atomic mass is 10.0. The van der Waals surface area contributed by atoms with Crippen LogP contribution in [-0.2, 0) is 18.7 Å². The molecule has 0 heterocycles. The standard InChI is InChI=1S/C15H24NO3P.C14H22NO3P/c1-12(17)15(5,6)16-20(18,14(2,3)4)19-13-10-8-7-9-11-13;1-11(12(2)16)15-19(17,14(3,4)5)18-13-9-7-6-8-10-13/h7-11H,1-6H3,(H,16,18);6-11H,1-5H3,(H,15,17). The molecule has 39 heavy (non-hydrogen) atoms. The van der Waals surface area contributed by atoms with E-state index in [1.807, 2.05) is 77.9 Å². The zero-order valence-corrected chi connectivity index (χ0v) is 27.0. The first-order chi connectivity index (χ1) is 17.6. The van der Waals surface area contributed by atoms with Crippen molar-refractivity contribution in [2.45, 2.75) is 98.1 Å². The topological polar surface area (TPSA) is 111 Å². The van der Waals surface area contributed by atoms with Crippen molar-refractivity contribution in [3.63, 3.8) is 0 Å². The molecule has 0 spiro atoms. The molecule has 0 saturated carbocycles. The van der Waals surface area contributed by atoms with Gasteiger partial charge in [-0.3, -0.25) is 18.7 Å². The minimum absolute atomic E-state index is 0.0684. The summed E-state index contributed by atoms with van der Waals surface area (Å²) in [4.78, 5) is 23.0. The summed E-state index contributed by atoms with van der Waals surface area (Å²) < 4.78 is 37.7. The summed E-state index contributed by atoms with van der Waals surface area (Å²) in [5, 5.41) is 4.57. The molecule has 0 fully saturated rings. The molecule has 0 amide bonds. The van der Waals surface area contributed by atoms with Gasteiger partial charge in [-0.1, -0.05) is 36.4 Å². The van der Waals surface area contributed by atoms with E-state index in [0.717, 1.165) is 0 Å². The number of hydrogen-bond acceptors (Lipinski definition) is 6. The first kappa shape index (κ1) is 34.8. The maximum absolute atomic E-state index is 13.2. The molecule has 218 valence electrons. The van der Waals surface area contributed by atoms with E-state index in [-0.39, 0.29) is 11.6 Å². The summed E-state index contributed by atoms with van der Waals surface area (Å²) >= 11 is 0. The molecule has 3 atom stereocenters. The van der Waals surface area contributed by atoms with Gasteiger partial charge in [-0.15, -0.1) is 0 Å². The first-order valence-corrected chi connectivity index (χ1v) is 16.2. The van der Waals surface area contributed by atoms with Gasteiger partial charge in [-0.2, -0.15) is 0 Å². The monoisotopic (exact) mass is 580 g/mol. The highest BCUT2D eigenvalue weighted by atomic mass is 31.2. The van der Waals surface area contributed by atoms with Gasteiger partial charge in [0.15, 0.2) is 0 Å². The summed E-state index contributed by atoms with van der Waals surface area (Å²) in [6.45, 7) is 19.0. The number of rotatable bonds is 10. The molecule has 10 heteroatoms. The van der Waals surface area contributed by atoms with Gasteiger partial charge in [0, 0.05) is 0 Å². The van der Waals surface area contributed by atoms with E-state index in [9.17, 15) is 18.7 Å². The molecule has 0 bridgehead atoms. The van der Waals surface area contributed by atoms with Gasteiger partial charge < -0.3 is 9.05 Å². The van der Waals surface area contributed by atoms with Gasteiger partial charge in [0.2, 0.25) is 0 Å². The minimum atomic E-state index is -3.27. The fourth-order valence-electron chi connectivity index (χ4n) is 2.74. The average molecular weight is 581 g/mol. The smallest absolute Gasteiger partial charge is 0.322 e. The van der Waals surface area contributed by atoms with Crippen LogP contribution in [0, 0.1) is 0 Å². The van der Waals surface area contributed by atoms with Crippen LogP contribution in [0.25, 0.3) is 0 Å². The van der Waals surface area contributed by atoms with E-state index >= 15 is 0 Å². The average Bonchev–Trinajstić information content (AvgIpc) is 2.78. The van der Waals surface area contributed by atoms with Gasteiger partial charge >= 0.3 is 15.0 Å². The maximum atomic E-state index is 13.2. The van der Waals surface area contributed by atoms with E-state index in [0.29, 0.717) is 11.5 Å². The van der Waals surface area contributed by atoms with Gasteiger partial charge in [0.05, 0.1) is 21.9 Å². The second-order valence-corrected chi connectivity index (χ2v) is 17.7. The number of ketones is 2. The van der Waals surface area contributed by atoms with Gasteiger partial charge in [0.25, 0.3) is 0 Å². The normalized spacial score (nSPS) is 16.0. The fourth-order valence-corrected chi connectivity index (χ4v) is 6.53. The Balaban J connectivity index is 0.000000391. The van der Waals surface area contributed by atoms with Gasteiger partial charge in [-0.05, 0) is 100 Å². The Morgan fingerprint density at radius 2 is 1.05 bits per heavy atom. The molecule has 2 aromatic carbocycles. The van der Waals surface area contributed by atoms with Crippen LogP contribution >= 0.6 is 15.0 Å². The molecule has 0 radical (unpaired) electrons. The molecular formula is C29H46N2O6P2. The number of carbonyl (C=O) groups excluding carboxylic acids is 2. The van der Waals surface area contributed by atoms with Crippen LogP contribution in [0.3, 0.4) is 0 Å². The van der Waals surface area contributed by atoms with Crippen LogP contribution in [0.5, 0.6) is 11.5 Å². The van der Waals surface area contributed by atoms with Crippen LogP contribution in [-0.4, -0.2) is 33.5 Å². The summed E-state index contributed by atoms with van der Waals surface area (Å²) in [6, 6.07) is 17.5. The Labute approximate surface area is 234 Å². The Morgan fingerprint density at radius 3 is 1.36 bits per heavy atom. The fraction of sp³-hybridized carbons (Fsp3) is 0.517. The van der Waals surface area contributed by atoms with Crippen molar-refractivity contribution in [3.8, 4) is 11.5 Å². The van der Waals surface area contributed by atoms with Crippen LogP contribution in [0.2, 0.25) is 0 Å². The predicted molar refractivity (Wildman–Crippen MR) is 160 cm³/mol. The second-order valence-electron chi connectivity index (χ2n) is 12.0. The first-order valence-electron chi connectivity index (χ1n) is 12.9. The summed E-state index contributed by atoms with van der Waals surface area (Å²) in [5.74, 6) is 0.904. The number of hydrogen-bond donors (Lipinski definition) is 2. The highest BCUT2D eigenvalue weighted by Crippen LogP contribution is 2.56. The van der Waals surface area contributed by atoms with Crippen molar-refractivity contribution < 1.29 is 27.8 Å². The van der Waals surface area contributed by atoms with Crippen LogP contribution in [0.15, 0.2) is 60.7 Å². The van der Waals surface area contributed by atoms with E-state index in [1.165, 1.54) is 13.8 Å². The number of para-hydroxylation sites is 2.